The van der Waals surface area contributed by atoms with Crippen LogP contribution in [0.2, 0.25) is 0 Å². The maximum absolute atomic E-state index is 12.1. The van der Waals surface area contributed by atoms with E-state index in [-0.39, 0.29) is 5.54 Å². The van der Waals surface area contributed by atoms with Gasteiger partial charge in [-0.2, -0.15) is 0 Å². The summed E-state index contributed by atoms with van der Waals surface area (Å²) in [4.78, 5) is 14.2. The van der Waals surface area contributed by atoms with E-state index in [1.165, 1.54) is 6.42 Å². The Bertz CT molecular complexity index is 256. The molecule has 0 aromatic carbocycles. The summed E-state index contributed by atoms with van der Waals surface area (Å²) in [6, 6.07) is 0. The molecule has 0 aromatic rings. The lowest BCUT2D eigenvalue weighted by atomic mass is 9.78. The lowest BCUT2D eigenvalue weighted by molar-refractivity contribution is -0.136. The highest BCUT2D eigenvalue weighted by molar-refractivity contribution is 5.77. The van der Waals surface area contributed by atoms with Gasteiger partial charge >= 0.3 is 0 Å². The molecule has 0 aromatic heterocycles. The smallest absolute Gasteiger partial charge is 0.222 e. The fourth-order valence-corrected chi connectivity index (χ4v) is 3.18. The normalized spacial score (nSPS) is 21.6. The second kappa shape index (κ2) is 7.16. The lowest BCUT2D eigenvalue weighted by Gasteiger charge is -2.40. The fraction of sp³-hybridized carbons (Fsp3) is 0.938. The highest BCUT2D eigenvalue weighted by atomic mass is 16.2. The molecular weight excluding hydrogens is 222 g/mol. The zero-order valence-electron chi connectivity index (χ0n) is 13.6. The third-order valence-corrected chi connectivity index (χ3v) is 3.64. The van der Waals surface area contributed by atoms with Gasteiger partial charge in [-0.3, -0.25) is 4.79 Å². The number of hydrogen-bond acceptors (Lipinski definition) is 1. The largest absolute Gasteiger partial charge is 0.338 e. The van der Waals surface area contributed by atoms with Crippen molar-refractivity contribution in [1.82, 2.24) is 4.90 Å². The number of rotatable bonds is 2. The summed E-state index contributed by atoms with van der Waals surface area (Å²) in [6.45, 7) is 16.1. The Labute approximate surface area is 114 Å². The van der Waals surface area contributed by atoms with Crippen LogP contribution in [0.1, 0.15) is 80.6 Å². The first-order valence-electron chi connectivity index (χ1n) is 7.59. The maximum Gasteiger partial charge on any atom is 0.222 e. The van der Waals surface area contributed by atoms with Crippen molar-refractivity contribution in [2.45, 2.75) is 86.1 Å². The maximum atomic E-state index is 12.1. The SMILES string of the molecule is CC.CCCC(=O)N1CCCC(C)(C)CC1(C)C. The van der Waals surface area contributed by atoms with Gasteiger partial charge in [0.15, 0.2) is 0 Å². The van der Waals surface area contributed by atoms with Crippen LogP contribution in [0.5, 0.6) is 0 Å². The van der Waals surface area contributed by atoms with E-state index in [4.69, 9.17) is 0 Å². The van der Waals surface area contributed by atoms with E-state index >= 15 is 0 Å². The van der Waals surface area contributed by atoms with Crippen LogP contribution in [0.4, 0.5) is 0 Å². The van der Waals surface area contributed by atoms with Crippen LogP contribution in [-0.4, -0.2) is 22.9 Å². The first kappa shape index (κ1) is 17.5. The molecule has 0 bridgehead atoms. The summed E-state index contributed by atoms with van der Waals surface area (Å²) >= 11 is 0. The zero-order valence-corrected chi connectivity index (χ0v) is 13.6. The van der Waals surface area contributed by atoms with Gasteiger partial charge in [0, 0.05) is 18.5 Å². The molecule has 0 saturated carbocycles. The van der Waals surface area contributed by atoms with Crippen LogP contribution in [0.3, 0.4) is 0 Å². The third-order valence-electron chi connectivity index (χ3n) is 3.64. The van der Waals surface area contributed by atoms with E-state index in [1.807, 2.05) is 13.8 Å². The van der Waals surface area contributed by atoms with Crippen molar-refractivity contribution >= 4 is 5.91 Å². The molecule has 1 amide bonds. The molecule has 0 N–H and O–H groups in total. The summed E-state index contributed by atoms with van der Waals surface area (Å²) in [5.41, 5.74) is 0.386. The Morgan fingerprint density at radius 1 is 1.17 bits per heavy atom. The summed E-state index contributed by atoms with van der Waals surface area (Å²) in [6.07, 6.45) is 5.13. The summed E-state index contributed by atoms with van der Waals surface area (Å²) in [5.74, 6) is 0.338. The van der Waals surface area contributed by atoms with Crippen LogP contribution < -0.4 is 0 Å². The Kier molecular flexibility index (Phi) is 6.94. The topological polar surface area (TPSA) is 20.3 Å². The molecule has 0 unspecified atom stereocenters. The van der Waals surface area contributed by atoms with Gasteiger partial charge in [0.1, 0.15) is 0 Å². The van der Waals surface area contributed by atoms with Crippen LogP contribution in [0.15, 0.2) is 0 Å². The number of likely N-dealkylation sites (tertiary alicyclic amines) is 1. The minimum atomic E-state index is 0.0201. The van der Waals surface area contributed by atoms with E-state index in [1.54, 1.807) is 0 Å². The average Bonchev–Trinajstić information content (AvgIpc) is 2.35. The number of amides is 1. The molecule has 2 nitrogen and oxygen atoms in total. The van der Waals surface area contributed by atoms with Gasteiger partial charge in [0.05, 0.1) is 0 Å². The second-order valence-corrected chi connectivity index (χ2v) is 6.55. The van der Waals surface area contributed by atoms with Crippen LogP contribution >= 0.6 is 0 Å². The van der Waals surface area contributed by atoms with Crippen molar-refractivity contribution in [3.05, 3.63) is 0 Å². The molecule has 108 valence electrons. The first-order valence-corrected chi connectivity index (χ1v) is 7.59. The summed E-state index contributed by atoms with van der Waals surface area (Å²) in [5, 5.41) is 0. The Morgan fingerprint density at radius 2 is 1.72 bits per heavy atom. The molecule has 0 radical (unpaired) electrons. The van der Waals surface area contributed by atoms with Gasteiger partial charge < -0.3 is 4.90 Å². The third kappa shape index (κ3) is 4.99. The predicted octanol–water partition coefficient (Wildman–Crippen LogP) is 4.63. The number of carbonyl (C=O) groups excluding carboxylic acids is 1. The molecule has 0 atom stereocenters. The number of hydrogen-bond donors (Lipinski definition) is 0. The minimum absolute atomic E-state index is 0.0201. The number of carbonyl (C=O) groups is 1. The monoisotopic (exact) mass is 255 g/mol. The van der Waals surface area contributed by atoms with Crippen molar-refractivity contribution in [3.63, 3.8) is 0 Å². The van der Waals surface area contributed by atoms with Crippen LogP contribution in [0.25, 0.3) is 0 Å². The quantitative estimate of drug-likeness (QED) is 0.704. The first-order chi connectivity index (χ1) is 8.28. The zero-order chi connectivity index (χ0) is 14.4. The van der Waals surface area contributed by atoms with Gasteiger partial charge in [-0.15, -0.1) is 0 Å². The van der Waals surface area contributed by atoms with Crippen molar-refractivity contribution < 1.29 is 4.79 Å². The molecule has 0 aliphatic carbocycles. The van der Waals surface area contributed by atoms with E-state index in [0.29, 0.717) is 17.7 Å². The van der Waals surface area contributed by atoms with E-state index in [9.17, 15) is 4.79 Å². The Morgan fingerprint density at radius 3 is 2.22 bits per heavy atom. The number of nitrogens with zero attached hydrogens (tertiary/aromatic N) is 1. The van der Waals surface area contributed by atoms with Crippen molar-refractivity contribution in [3.8, 4) is 0 Å². The Hall–Kier alpha value is -0.530. The molecule has 1 aliphatic heterocycles. The van der Waals surface area contributed by atoms with Crippen molar-refractivity contribution in [2.75, 3.05) is 6.54 Å². The van der Waals surface area contributed by atoms with Gasteiger partial charge in [-0.05, 0) is 44.9 Å². The van der Waals surface area contributed by atoms with E-state index < -0.39 is 0 Å². The molecule has 2 heteroatoms. The molecule has 1 fully saturated rings. The highest BCUT2D eigenvalue weighted by Gasteiger charge is 2.38. The summed E-state index contributed by atoms with van der Waals surface area (Å²) in [7, 11) is 0. The molecule has 0 spiro atoms. The molecule has 18 heavy (non-hydrogen) atoms. The second-order valence-electron chi connectivity index (χ2n) is 6.55. The minimum Gasteiger partial charge on any atom is -0.338 e. The molecule has 1 heterocycles. The van der Waals surface area contributed by atoms with Gasteiger partial charge in [-0.25, -0.2) is 0 Å². The molecular formula is C16H33NO. The highest BCUT2D eigenvalue weighted by Crippen LogP contribution is 2.38. The van der Waals surface area contributed by atoms with Crippen molar-refractivity contribution in [2.24, 2.45) is 5.41 Å². The molecule has 1 saturated heterocycles. The fourth-order valence-electron chi connectivity index (χ4n) is 3.18. The van der Waals surface area contributed by atoms with E-state index in [0.717, 1.165) is 25.8 Å². The van der Waals surface area contributed by atoms with Gasteiger partial charge in [0.2, 0.25) is 5.91 Å². The molecule has 1 rings (SSSR count). The average molecular weight is 255 g/mol. The predicted molar refractivity (Wildman–Crippen MR) is 79.7 cm³/mol. The standard InChI is InChI=1S/C14H27NO.C2H6/c1-6-8-12(16)15-10-7-9-13(2,3)11-14(15,4)5;1-2/h6-11H2,1-5H3;1-2H3. The lowest BCUT2D eigenvalue weighted by Crippen LogP contribution is -2.48. The van der Waals surface area contributed by atoms with E-state index in [2.05, 4.69) is 39.5 Å². The van der Waals surface area contributed by atoms with Crippen LogP contribution in [0, 0.1) is 5.41 Å². The van der Waals surface area contributed by atoms with Crippen molar-refractivity contribution in [1.29, 1.82) is 0 Å². The Balaban J connectivity index is 0.00000137. The molecule has 1 aliphatic rings. The van der Waals surface area contributed by atoms with Gasteiger partial charge in [0.25, 0.3) is 0 Å². The van der Waals surface area contributed by atoms with Gasteiger partial charge in [-0.1, -0.05) is 34.6 Å². The summed E-state index contributed by atoms with van der Waals surface area (Å²) < 4.78 is 0. The van der Waals surface area contributed by atoms with Crippen LogP contribution in [-0.2, 0) is 4.79 Å².